The summed E-state index contributed by atoms with van der Waals surface area (Å²) in [5, 5.41) is 23.0. The topological polar surface area (TPSA) is 215 Å². The molecule has 1 aliphatic carbocycles. The maximum absolute atomic E-state index is 12.2. The van der Waals surface area contributed by atoms with Gasteiger partial charge in [0.25, 0.3) is 0 Å². The standard InChI is InChI=1S/C21H16BrN3O4.C20H19BrN4O2.H2O/c22-17-3-1-2-14(10-17)13-29-19-7-4-15(5-8-19)21(27)24-23-12-16-11-18(25-28)6-9-20(16)26;1-13-4-2-5-14(8-13)11-22-24-19(26)17-10-18(17)20(27)25-23-12-15-6-3-7-16(21)9-15;/h1-12,26H,13H2,(H,24,27);2-9,11-12,17-18H,10H2,1H3,(H,24,26)(H,25,27);1H2/b23-12+;22-11+,23-12+;. The molecule has 14 nitrogen and oxygen atoms in total. The third kappa shape index (κ3) is 14.0. The molecule has 0 spiro atoms. The van der Waals surface area contributed by atoms with Gasteiger partial charge in [0.05, 0.1) is 29.8 Å². The SMILES string of the molecule is Cc1cccc(/C=N/NC(=O)C2CC2C(=O)N/N=C/c2cccc(Br)c2)c1.O=Nc1ccc(O)c(/C=[NH+]/NC(=O)c2ccc(OCc3cccc(Br)c3)cc2)c1.[OH-]. The first-order valence-corrected chi connectivity index (χ1v) is 18.7. The number of carbonyl (C=O) groups is 3. The summed E-state index contributed by atoms with van der Waals surface area (Å²) in [4.78, 5) is 46.9. The number of hydrogen-bond donors (Lipinski definition) is 5. The molecule has 5 aromatic rings. The minimum Gasteiger partial charge on any atom is -0.870 e. The molecule has 5 aromatic carbocycles. The van der Waals surface area contributed by atoms with Gasteiger partial charge in [-0.1, -0.05) is 86.0 Å². The summed E-state index contributed by atoms with van der Waals surface area (Å²) in [7, 11) is 0. The average Bonchev–Trinajstić information content (AvgIpc) is 4.00. The number of halogens is 2. The maximum Gasteiger partial charge on any atom is 0.304 e. The Hall–Kier alpha value is -6.36. The van der Waals surface area contributed by atoms with E-state index in [2.05, 4.69) is 68.6 Å². The minimum atomic E-state index is -0.371. The smallest absolute Gasteiger partial charge is 0.304 e. The highest BCUT2D eigenvalue weighted by Crippen LogP contribution is 2.38. The van der Waals surface area contributed by atoms with E-state index in [0.29, 0.717) is 29.9 Å². The molecule has 6 rings (SSSR count). The largest absolute Gasteiger partial charge is 0.870 e. The first-order chi connectivity index (χ1) is 27.1. The summed E-state index contributed by atoms with van der Waals surface area (Å²) < 4.78 is 7.64. The van der Waals surface area contributed by atoms with Crippen LogP contribution in [0.2, 0.25) is 0 Å². The quantitative estimate of drug-likeness (QED) is 0.0557. The van der Waals surface area contributed by atoms with Crippen LogP contribution in [0.3, 0.4) is 0 Å². The van der Waals surface area contributed by atoms with Crippen LogP contribution in [0.25, 0.3) is 0 Å². The first kappa shape index (κ1) is 43.4. The molecule has 0 bridgehead atoms. The van der Waals surface area contributed by atoms with Crippen LogP contribution in [0, 0.1) is 23.7 Å². The zero-order valence-electron chi connectivity index (χ0n) is 30.3. The normalized spacial score (nSPS) is 14.2. The number of nitroso groups, excluding NO2 is 1. The number of carbonyl (C=O) groups excluding carboxylic acids is 3. The van der Waals surface area contributed by atoms with Crippen LogP contribution in [0.4, 0.5) is 5.69 Å². The molecule has 0 heterocycles. The van der Waals surface area contributed by atoms with Crippen molar-refractivity contribution >= 4 is 73.9 Å². The monoisotopic (exact) mass is 897 g/mol. The van der Waals surface area contributed by atoms with E-state index in [0.717, 1.165) is 31.2 Å². The molecule has 3 amide bonds. The predicted molar refractivity (Wildman–Crippen MR) is 222 cm³/mol. The molecule has 0 radical (unpaired) electrons. The lowest BCUT2D eigenvalue weighted by molar-refractivity contribution is -0.503. The van der Waals surface area contributed by atoms with Crippen molar-refractivity contribution in [1.82, 2.24) is 16.3 Å². The van der Waals surface area contributed by atoms with Crippen LogP contribution in [-0.2, 0) is 16.2 Å². The summed E-state index contributed by atoms with van der Waals surface area (Å²) in [6.07, 6.45) is 5.01. The highest BCUT2D eigenvalue weighted by molar-refractivity contribution is 9.10. The van der Waals surface area contributed by atoms with Crippen molar-refractivity contribution in [1.29, 1.82) is 0 Å². The molecule has 1 aliphatic rings. The molecular formula is C41H37Br2N7O7. The number of nitrogens with one attached hydrogen (secondary N) is 4. The molecular weight excluding hydrogens is 862 g/mol. The number of ether oxygens (including phenoxy) is 1. The fourth-order valence-corrected chi connectivity index (χ4v) is 5.94. The van der Waals surface area contributed by atoms with Crippen LogP contribution in [0.1, 0.15) is 44.6 Å². The van der Waals surface area contributed by atoms with E-state index < -0.39 is 0 Å². The van der Waals surface area contributed by atoms with Gasteiger partial charge in [0, 0.05) is 14.5 Å². The highest BCUT2D eigenvalue weighted by atomic mass is 79.9. The van der Waals surface area contributed by atoms with Crippen LogP contribution >= 0.6 is 31.9 Å². The lowest BCUT2D eigenvalue weighted by Crippen LogP contribution is -2.81. The van der Waals surface area contributed by atoms with E-state index in [1.54, 1.807) is 36.7 Å². The van der Waals surface area contributed by atoms with Crippen molar-refractivity contribution in [3.63, 3.8) is 0 Å². The summed E-state index contributed by atoms with van der Waals surface area (Å²) in [6, 6.07) is 34.0. The summed E-state index contributed by atoms with van der Waals surface area (Å²) >= 11 is 6.79. The number of benzene rings is 5. The fourth-order valence-electron chi connectivity index (χ4n) is 5.08. The van der Waals surface area contributed by atoms with Crippen molar-refractivity contribution in [2.75, 3.05) is 0 Å². The number of nitrogens with zero attached hydrogens (tertiary/aromatic N) is 3. The predicted octanol–water partition coefficient (Wildman–Crippen LogP) is 5.79. The Kier molecular flexibility index (Phi) is 16.5. The van der Waals surface area contributed by atoms with Crippen LogP contribution in [-0.4, -0.2) is 46.9 Å². The lowest BCUT2D eigenvalue weighted by atomic mass is 10.2. The Bertz CT molecular complexity index is 2210. The van der Waals surface area contributed by atoms with Gasteiger partial charge in [0.15, 0.2) is 0 Å². The third-order valence-corrected chi connectivity index (χ3v) is 9.06. The first-order valence-electron chi connectivity index (χ1n) is 17.1. The van der Waals surface area contributed by atoms with Crippen LogP contribution in [0.5, 0.6) is 11.5 Å². The number of phenols is 1. The van der Waals surface area contributed by atoms with Gasteiger partial charge in [-0.15, -0.1) is 15.4 Å². The Morgan fingerprint density at radius 2 is 1.42 bits per heavy atom. The number of hydrogen-bond acceptors (Lipinski definition) is 10. The lowest BCUT2D eigenvalue weighted by Gasteiger charge is -2.07. The Morgan fingerprint density at radius 1 is 0.807 bits per heavy atom. The van der Waals surface area contributed by atoms with Crippen molar-refractivity contribution in [3.8, 4) is 11.5 Å². The molecule has 0 saturated heterocycles. The van der Waals surface area contributed by atoms with Crippen molar-refractivity contribution in [3.05, 3.63) is 162 Å². The van der Waals surface area contributed by atoms with E-state index in [4.69, 9.17) is 4.74 Å². The van der Waals surface area contributed by atoms with Gasteiger partial charge < -0.3 is 15.3 Å². The number of aromatic hydroxyl groups is 1. The minimum absolute atomic E-state index is 0. The number of amides is 3. The van der Waals surface area contributed by atoms with Crippen molar-refractivity contribution in [2.24, 2.45) is 27.2 Å². The van der Waals surface area contributed by atoms with Gasteiger partial charge >= 0.3 is 5.91 Å². The Balaban J connectivity index is 0.000000249. The summed E-state index contributed by atoms with van der Waals surface area (Å²) in [5.74, 6) is -1.02. The molecule has 292 valence electrons. The summed E-state index contributed by atoms with van der Waals surface area (Å²) in [6.45, 7) is 2.40. The molecule has 0 aliphatic heterocycles. The van der Waals surface area contributed by atoms with Crippen molar-refractivity contribution in [2.45, 2.75) is 20.0 Å². The van der Waals surface area contributed by atoms with E-state index in [1.165, 1.54) is 24.4 Å². The molecule has 6 N–H and O–H groups in total. The highest BCUT2D eigenvalue weighted by Gasteiger charge is 2.48. The third-order valence-electron chi connectivity index (χ3n) is 8.07. The summed E-state index contributed by atoms with van der Waals surface area (Å²) in [5.41, 5.74) is 12.3. The van der Waals surface area contributed by atoms with E-state index in [-0.39, 0.29) is 46.5 Å². The van der Waals surface area contributed by atoms with Gasteiger partial charge in [-0.05, 0) is 102 Å². The Morgan fingerprint density at radius 3 is 2.04 bits per heavy atom. The molecule has 16 heteroatoms. The molecule has 57 heavy (non-hydrogen) atoms. The number of hydrazine groups is 1. The molecule has 1 saturated carbocycles. The number of hydrazone groups is 3. The second-order valence-corrected chi connectivity index (χ2v) is 14.2. The molecule has 2 unspecified atom stereocenters. The van der Waals surface area contributed by atoms with Crippen LogP contribution < -0.4 is 26.1 Å². The maximum atomic E-state index is 12.2. The second-order valence-electron chi connectivity index (χ2n) is 12.4. The molecule has 1 fully saturated rings. The number of aryl methyl sites for hydroxylation is 1. The van der Waals surface area contributed by atoms with Gasteiger partial charge in [0.1, 0.15) is 23.8 Å². The zero-order chi connectivity index (χ0) is 39.9. The van der Waals surface area contributed by atoms with E-state index in [1.807, 2.05) is 79.7 Å². The fraction of sp³-hybridized carbons (Fsp3) is 0.122. The van der Waals surface area contributed by atoms with E-state index in [9.17, 15) is 24.4 Å². The van der Waals surface area contributed by atoms with Gasteiger partial charge in [-0.2, -0.15) is 10.2 Å². The average molecular weight is 900 g/mol. The molecule has 0 aromatic heterocycles. The van der Waals surface area contributed by atoms with Gasteiger partial charge in [-0.25, -0.2) is 10.9 Å². The second kappa shape index (κ2) is 21.7. The van der Waals surface area contributed by atoms with Crippen molar-refractivity contribution < 1.29 is 34.8 Å². The van der Waals surface area contributed by atoms with E-state index >= 15 is 0 Å². The zero-order valence-corrected chi connectivity index (χ0v) is 33.5. The van der Waals surface area contributed by atoms with Gasteiger partial charge in [-0.3, -0.25) is 14.4 Å². The van der Waals surface area contributed by atoms with Gasteiger partial charge in [0.2, 0.25) is 18.0 Å². The molecule has 2 atom stereocenters. The van der Waals surface area contributed by atoms with Crippen LogP contribution in [0.15, 0.2) is 140 Å². The number of rotatable bonds is 13. The number of phenolic OH excluding ortho intramolecular Hbond substituents is 1. The Labute approximate surface area is 344 Å².